The highest BCUT2D eigenvalue weighted by atomic mass is 19.1. The number of nitrogens with zero attached hydrogens (tertiary/aromatic N) is 2. The molecule has 3 nitrogen and oxygen atoms in total. The van der Waals surface area contributed by atoms with Crippen molar-refractivity contribution >= 4 is 5.69 Å². The third-order valence-corrected chi connectivity index (χ3v) is 3.43. The van der Waals surface area contributed by atoms with Crippen LogP contribution in [0.5, 0.6) is 0 Å². The minimum Gasteiger partial charge on any atom is -0.384 e. The zero-order valence-corrected chi connectivity index (χ0v) is 10.6. The Balaban J connectivity index is 1.98. The quantitative estimate of drug-likeness (QED) is 0.891. The van der Waals surface area contributed by atoms with Crippen molar-refractivity contribution in [2.24, 2.45) is 5.92 Å². The van der Waals surface area contributed by atoms with Crippen LogP contribution >= 0.6 is 0 Å². The molecule has 0 spiro atoms. The molecule has 1 atom stereocenters. The van der Waals surface area contributed by atoms with E-state index in [-0.39, 0.29) is 5.56 Å². The second-order valence-corrected chi connectivity index (χ2v) is 4.93. The molecule has 1 aliphatic heterocycles. The number of hydrogen-bond donors (Lipinski definition) is 1. The average molecular weight is 247 g/mol. The Bertz CT molecular complexity index is 453. The third-order valence-electron chi connectivity index (χ3n) is 3.43. The maximum atomic E-state index is 13.4. The van der Waals surface area contributed by atoms with Gasteiger partial charge in [-0.1, -0.05) is 6.07 Å². The molecule has 1 saturated heterocycles. The lowest BCUT2D eigenvalue weighted by Crippen LogP contribution is -2.35. The van der Waals surface area contributed by atoms with E-state index in [2.05, 4.69) is 17.3 Å². The molecular weight excluding hydrogens is 229 g/mol. The van der Waals surface area contributed by atoms with Crippen molar-refractivity contribution in [3.05, 3.63) is 29.6 Å². The molecule has 18 heavy (non-hydrogen) atoms. The predicted molar refractivity (Wildman–Crippen MR) is 69.8 cm³/mol. The van der Waals surface area contributed by atoms with Gasteiger partial charge in [-0.25, -0.2) is 4.39 Å². The summed E-state index contributed by atoms with van der Waals surface area (Å²) in [5.74, 6) is 0.113. The van der Waals surface area contributed by atoms with Crippen LogP contribution in [0.15, 0.2) is 18.2 Å². The lowest BCUT2D eigenvalue weighted by molar-refractivity contribution is 0.217. The Morgan fingerprint density at radius 1 is 1.56 bits per heavy atom. The normalized spacial score (nSPS) is 20.4. The van der Waals surface area contributed by atoms with Gasteiger partial charge in [0, 0.05) is 13.1 Å². The largest absolute Gasteiger partial charge is 0.384 e. The topological polar surface area (TPSA) is 39.1 Å². The molecular formula is C14H18FN3. The fourth-order valence-electron chi connectivity index (χ4n) is 2.48. The number of rotatable bonds is 3. The second kappa shape index (κ2) is 5.83. The molecule has 0 bridgehead atoms. The van der Waals surface area contributed by atoms with Gasteiger partial charge in [0.1, 0.15) is 17.4 Å². The molecule has 0 aliphatic carbocycles. The first-order valence-electron chi connectivity index (χ1n) is 6.31. The van der Waals surface area contributed by atoms with Gasteiger partial charge in [-0.3, -0.25) is 0 Å². The number of piperidine rings is 1. The monoisotopic (exact) mass is 247 g/mol. The first kappa shape index (κ1) is 12.8. The van der Waals surface area contributed by atoms with Crippen molar-refractivity contribution in [3.63, 3.8) is 0 Å². The molecule has 96 valence electrons. The van der Waals surface area contributed by atoms with E-state index in [1.54, 1.807) is 12.1 Å². The minimum absolute atomic E-state index is 0.113. The Morgan fingerprint density at radius 2 is 2.39 bits per heavy atom. The van der Waals surface area contributed by atoms with E-state index in [4.69, 9.17) is 5.26 Å². The summed E-state index contributed by atoms with van der Waals surface area (Å²) < 4.78 is 13.4. The molecule has 0 saturated carbocycles. The van der Waals surface area contributed by atoms with Crippen LogP contribution in [0.2, 0.25) is 0 Å². The Kier molecular flexibility index (Phi) is 4.16. The number of halogens is 1. The van der Waals surface area contributed by atoms with E-state index < -0.39 is 5.82 Å². The van der Waals surface area contributed by atoms with E-state index in [0.717, 1.165) is 19.6 Å². The molecule has 2 rings (SSSR count). The number of nitrogens with one attached hydrogen (secondary N) is 1. The van der Waals surface area contributed by atoms with Gasteiger partial charge in [-0.2, -0.15) is 5.26 Å². The van der Waals surface area contributed by atoms with E-state index in [1.165, 1.54) is 18.9 Å². The fourth-order valence-corrected chi connectivity index (χ4v) is 2.48. The van der Waals surface area contributed by atoms with Gasteiger partial charge in [-0.05, 0) is 44.5 Å². The SMILES string of the molecule is CN1CCCC(CNc2cccc(F)c2C#N)C1. The highest BCUT2D eigenvalue weighted by Crippen LogP contribution is 2.20. The molecule has 0 radical (unpaired) electrons. The first-order chi connectivity index (χ1) is 8.70. The lowest BCUT2D eigenvalue weighted by Gasteiger charge is -2.30. The van der Waals surface area contributed by atoms with Crippen LogP contribution in [0.4, 0.5) is 10.1 Å². The van der Waals surface area contributed by atoms with Gasteiger partial charge >= 0.3 is 0 Å². The van der Waals surface area contributed by atoms with E-state index in [9.17, 15) is 4.39 Å². The summed E-state index contributed by atoms with van der Waals surface area (Å²) in [5, 5.41) is 12.1. The molecule has 0 amide bonds. The van der Waals surface area contributed by atoms with Gasteiger partial charge in [-0.15, -0.1) is 0 Å². The molecule has 1 aromatic rings. The summed E-state index contributed by atoms with van der Waals surface area (Å²) in [5.41, 5.74) is 0.715. The molecule has 0 aromatic heterocycles. The van der Waals surface area contributed by atoms with Crippen LogP contribution in [0.1, 0.15) is 18.4 Å². The van der Waals surface area contributed by atoms with Crippen LogP contribution in [0.3, 0.4) is 0 Å². The van der Waals surface area contributed by atoms with Crippen molar-refractivity contribution in [1.82, 2.24) is 4.90 Å². The van der Waals surface area contributed by atoms with Gasteiger partial charge in [0.15, 0.2) is 0 Å². The minimum atomic E-state index is -0.455. The van der Waals surface area contributed by atoms with Gasteiger partial charge in [0.2, 0.25) is 0 Å². The van der Waals surface area contributed by atoms with E-state index >= 15 is 0 Å². The van der Waals surface area contributed by atoms with Gasteiger partial charge < -0.3 is 10.2 Å². The number of anilines is 1. The maximum Gasteiger partial charge on any atom is 0.143 e. The fraction of sp³-hybridized carbons (Fsp3) is 0.500. The van der Waals surface area contributed by atoms with Crippen LogP contribution in [-0.4, -0.2) is 31.6 Å². The van der Waals surface area contributed by atoms with Crippen molar-refractivity contribution < 1.29 is 4.39 Å². The smallest absolute Gasteiger partial charge is 0.143 e. The molecule has 1 aromatic carbocycles. The summed E-state index contributed by atoms with van der Waals surface area (Å²) in [6, 6.07) is 6.62. The zero-order valence-electron chi connectivity index (χ0n) is 10.6. The van der Waals surface area contributed by atoms with Gasteiger partial charge in [0.25, 0.3) is 0 Å². The standard InChI is InChI=1S/C14H18FN3/c1-18-7-3-4-11(10-18)9-17-14-6-2-5-13(15)12(14)8-16/h2,5-6,11,17H,3-4,7,9-10H2,1H3. The van der Waals surface area contributed by atoms with Crippen molar-refractivity contribution in [2.75, 3.05) is 32.0 Å². The molecule has 1 unspecified atom stereocenters. The average Bonchev–Trinajstić information content (AvgIpc) is 2.36. The maximum absolute atomic E-state index is 13.4. The van der Waals surface area contributed by atoms with E-state index in [1.807, 2.05) is 6.07 Å². The predicted octanol–water partition coefficient (Wildman–Crippen LogP) is 2.45. The third kappa shape index (κ3) is 2.99. The summed E-state index contributed by atoms with van der Waals surface area (Å²) in [7, 11) is 2.12. The highest BCUT2D eigenvalue weighted by Gasteiger charge is 2.17. The van der Waals surface area contributed by atoms with Crippen LogP contribution in [0.25, 0.3) is 0 Å². The van der Waals surface area contributed by atoms with Crippen molar-refractivity contribution in [1.29, 1.82) is 5.26 Å². The van der Waals surface area contributed by atoms with Crippen LogP contribution in [-0.2, 0) is 0 Å². The van der Waals surface area contributed by atoms with E-state index in [0.29, 0.717) is 11.6 Å². The number of likely N-dealkylation sites (tertiary alicyclic amines) is 1. The number of benzene rings is 1. The van der Waals surface area contributed by atoms with Crippen LogP contribution < -0.4 is 5.32 Å². The van der Waals surface area contributed by atoms with Crippen LogP contribution in [0, 0.1) is 23.1 Å². The Morgan fingerprint density at radius 3 is 3.11 bits per heavy atom. The molecule has 1 heterocycles. The summed E-state index contributed by atoms with van der Waals surface area (Å²) >= 11 is 0. The van der Waals surface area contributed by atoms with Crippen molar-refractivity contribution in [3.8, 4) is 6.07 Å². The summed E-state index contributed by atoms with van der Waals surface area (Å²) in [6.07, 6.45) is 2.39. The van der Waals surface area contributed by atoms with Crippen molar-refractivity contribution in [2.45, 2.75) is 12.8 Å². The molecule has 1 fully saturated rings. The molecule has 4 heteroatoms. The number of nitriles is 1. The highest BCUT2D eigenvalue weighted by molar-refractivity contribution is 5.57. The Labute approximate surface area is 107 Å². The first-order valence-corrected chi connectivity index (χ1v) is 6.31. The summed E-state index contributed by atoms with van der Waals surface area (Å²) in [6.45, 7) is 3.01. The Hall–Kier alpha value is -1.60. The molecule has 1 N–H and O–H groups in total. The molecule has 1 aliphatic rings. The lowest BCUT2D eigenvalue weighted by atomic mass is 9.98. The summed E-state index contributed by atoms with van der Waals surface area (Å²) in [4.78, 5) is 2.31. The van der Waals surface area contributed by atoms with Gasteiger partial charge in [0.05, 0.1) is 5.69 Å². The zero-order chi connectivity index (χ0) is 13.0. The number of hydrogen-bond acceptors (Lipinski definition) is 3. The second-order valence-electron chi connectivity index (χ2n) is 4.93.